The summed E-state index contributed by atoms with van der Waals surface area (Å²) < 4.78 is 13.1. The molecule has 0 radical (unpaired) electrons. The fourth-order valence-corrected chi connectivity index (χ4v) is 3.02. The van der Waals surface area contributed by atoms with Crippen molar-refractivity contribution in [2.45, 2.75) is 39.2 Å². The van der Waals surface area contributed by atoms with Gasteiger partial charge in [-0.1, -0.05) is 19.4 Å². The molecule has 3 unspecified atom stereocenters. The van der Waals surface area contributed by atoms with Gasteiger partial charge in [0.25, 0.3) is 0 Å². The summed E-state index contributed by atoms with van der Waals surface area (Å²) in [4.78, 5) is 0. The molecule has 0 saturated heterocycles. The van der Waals surface area contributed by atoms with Crippen molar-refractivity contribution in [3.8, 4) is 0 Å². The van der Waals surface area contributed by atoms with E-state index < -0.39 is 0 Å². The topological polar surface area (TPSA) is 38.0 Å². The quantitative estimate of drug-likeness (QED) is 0.625. The lowest BCUT2D eigenvalue weighted by atomic mass is 9.89. The van der Waals surface area contributed by atoms with Gasteiger partial charge < -0.3 is 0 Å². The first-order valence-electron chi connectivity index (χ1n) is 6.34. The Hall–Kier alpha value is -0.930. The predicted octanol–water partition coefficient (Wildman–Crippen LogP) is 3.07. The van der Waals surface area contributed by atoms with Crippen LogP contribution in [0.15, 0.2) is 18.2 Å². The fraction of sp³-hybridized carbons (Fsp3) is 0.571. The smallest absolute Gasteiger partial charge is 0.123 e. The Morgan fingerprint density at radius 1 is 1.41 bits per heavy atom. The van der Waals surface area contributed by atoms with Crippen LogP contribution in [0.2, 0.25) is 0 Å². The van der Waals surface area contributed by atoms with Crippen LogP contribution < -0.4 is 11.3 Å². The Kier molecular flexibility index (Phi) is 3.79. The summed E-state index contributed by atoms with van der Waals surface area (Å²) >= 11 is 0. The fourth-order valence-electron chi connectivity index (χ4n) is 3.02. The normalized spacial score (nSPS) is 26.1. The van der Waals surface area contributed by atoms with Gasteiger partial charge in [-0.15, -0.1) is 0 Å². The summed E-state index contributed by atoms with van der Waals surface area (Å²) in [6.45, 7) is 4.23. The SMILES string of the molecule is Cc1cc(F)ccc1C(NN)C1CCC(C)C1. The summed E-state index contributed by atoms with van der Waals surface area (Å²) in [5, 5.41) is 0. The van der Waals surface area contributed by atoms with Crippen molar-refractivity contribution < 1.29 is 4.39 Å². The third-order valence-electron chi connectivity index (χ3n) is 3.95. The van der Waals surface area contributed by atoms with E-state index in [2.05, 4.69) is 12.3 Å². The molecule has 17 heavy (non-hydrogen) atoms. The van der Waals surface area contributed by atoms with Gasteiger partial charge in [0.15, 0.2) is 0 Å². The van der Waals surface area contributed by atoms with Crippen molar-refractivity contribution in [3.63, 3.8) is 0 Å². The first-order valence-corrected chi connectivity index (χ1v) is 6.34. The molecule has 0 amide bonds. The van der Waals surface area contributed by atoms with E-state index in [0.29, 0.717) is 5.92 Å². The molecule has 1 aromatic rings. The summed E-state index contributed by atoms with van der Waals surface area (Å²) in [5.74, 6) is 6.86. The van der Waals surface area contributed by atoms with Crippen LogP contribution in [0.5, 0.6) is 0 Å². The number of nitrogens with one attached hydrogen (secondary N) is 1. The molecule has 1 aromatic carbocycles. The minimum atomic E-state index is -0.179. The Morgan fingerprint density at radius 2 is 2.18 bits per heavy atom. The van der Waals surface area contributed by atoms with Gasteiger partial charge >= 0.3 is 0 Å². The first kappa shape index (κ1) is 12.5. The third kappa shape index (κ3) is 2.67. The second-order valence-electron chi connectivity index (χ2n) is 5.32. The van der Waals surface area contributed by atoms with Gasteiger partial charge in [-0.25, -0.2) is 4.39 Å². The van der Waals surface area contributed by atoms with Crippen molar-refractivity contribution in [1.29, 1.82) is 0 Å². The zero-order valence-corrected chi connectivity index (χ0v) is 10.5. The summed E-state index contributed by atoms with van der Waals surface area (Å²) in [6.07, 6.45) is 3.67. The standard InChI is InChI=1S/C14H21FN2/c1-9-3-4-11(7-9)14(17-16)13-6-5-12(15)8-10(13)2/h5-6,8-9,11,14,17H,3-4,7,16H2,1-2H3. The van der Waals surface area contributed by atoms with Crippen LogP contribution in [-0.2, 0) is 0 Å². The molecule has 2 rings (SSSR count). The van der Waals surface area contributed by atoms with Crippen molar-refractivity contribution in [3.05, 3.63) is 35.1 Å². The number of aryl methyl sites for hydroxylation is 1. The molecular weight excluding hydrogens is 215 g/mol. The van der Waals surface area contributed by atoms with Gasteiger partial charge in [0, 0.05) is 6.04 Å². The van der Waals surface area contributed by atoms with E-state index in [4.69, 9.17) is 5.84 Å². The molecule has 0 aromatic heterocycles. The zero-order chi connectivity index (χ0) is 12.4. The van der Waals surface area contributed by atoms with E-state index in [9.17, 15) is 4.39 Å². The molecule has 0 spiro atoms. The first-order chi connectivity index (χ1) is 8.11. The Balaban J connectivity index is 2.23. The number of rotatable bonds is 3. The Morgan fingerprint density at radius 3 is 2.71 bits per heavy atom. The van der Waals surface area contributed by atoms with Crippen LogP contribution >= 0.6 is 0 Å². The van der Waals surface area contributed by atoms with E-state index >= 15 is 0 Å². The number of hydrazine groups is 1. The second kappa shape index (κ2) is 5.15. The monoisotopic (exact) mass is 236 g/mol. The predicted molar refractivity (Wildman–Crippen MR) is 67.7 cm³/mol. The molecule has 0 bridgehead atoms. The van der Waals surface area contributed by atoms with Gasteiger partial charge in [0.1, 0.15) is 5.82 Å². The van der Waals surface area contributed by atoms with Gasteiger partial charge in [0.2, 0.25) is 0 Å². The number of hydrogen-bond donors (Lipinski definition) is 2. The highest BCUT2D eigenvalue weighted by Gasteiger charge is 2.29. The average molecular weight is 236 g/mol. The van der Waals surface area contributed by atoms with Gasteiger partial charge in [-0.3, -0.25) is 11.3 Å². The minimum absolute atomic E-state index is 0.153. The molecule has 2 nitrogen and oxygen atoms in total. The molecule has 1 aliphatic carbocycles. The van der Waals surface area contributed by atoms with E-state index in [1.54, 1.807) is 6.07 Å². The highest BCUT2D eigenvalue weighted by atomic mass is 19.1. The summed E-state index contributed by atoms with van der Waals surface area (Å²) in [5.41, 5.74) is 5.03. The van der Waals surface area contributed by atoms with Crippen LogP contribution in [0.3, 0.4) is 0 Å². The Labute approximate surface area is 102 Å². The maximum absolute atomic E-state index is 13.1. The largest absolute Gasteiger partial charge is 0.271 e. The van der Waals surface area contributed by atoms with Crippen molar-refractivity contribution in [2.75, 3.05) is 0 Å². The third-order valence-corrected chi connectivity index (χ3v) is 3.95. The highest BCUT2D eigenvalue weighted by Crippen LogP contribution is 2.39. The summed E-state index contributed by atoms with van der Waals surface area (Å²) in [7, 11) is 0. The van der Waals surface area contributed by atoms with Crippen LogP contribution in [0.4, 0.5) is 4.39 Å². The maximum Gasteiger partial charge on any atom is 0.123 e. The molecule has 0 aliphatic heterocycles. The molecular formula is C14H21FN2. The number of nitrogens with two attached hydrogens (primary N) is 1. The molecule has 1 aliphatic rings. The van der Waals surface area contributed by atoms with Crippen molar-refractivity contribution in [2.24, 2.45) is 17.7 Å². The van der Waals surface area contributed by atoms with Crippen molar-refractivity contribution in [1.82, 2.24) is 5.43 Å². The lowest BCUT2D eigenvalue weighted by Gasteiger charge is -2.25. The minimum Gasteiger partial charge on any atom is -0.271 e. The van der Waals surface area contributed by atoms with Crippen LogP contribution in [0, 0.1) is 24.6 Å². The maximum atomic E-state index is 13.1. The van der Waals surface area contributed by atoms with E-state index in [1.165, 1.54) is 25.3 Å². The van der Waals surface area contributed by atoms with Crippen LogP contribution in [0.1, 0.15) is 43.4 Å². The zero-order valence-electron chi connectivity index (χ0n) is 10.5. The molecule has 1 saturated carbocycles. The van der Waals surface area contributed by atoms with Gasteiger partial charge in [0.05, 0.1) is 0 Å². The molecule has 3 atom stereocenters. The number of hydrogen-bond acceptors (Lipinski definition) is 2. The second-order valence-corrected chi connectivity index (χ2v) is 5.32. The lowest BCUT2D eigenvalue weighted by molar-refractivity contribution is 0.362. The molecule has 1 fully saturated rings. The van der Waals surface area contributed by atoms with Gasteiger partial charge in [-0.05, 0) is 54.9 Å². The number of benzene rings is 1. The average Bonchev–Trinajstić information content (AvgIpc) is 2.69. The molecule has 0 heterocycles. The van der Waals surface area contributed by atoms with E-state index in [-0.39, 0.29) is 11.9 Å². The Bertz CT molecular complexity index is 392. The van der Waals surface area contributed by atoms with Crippen LogP contribution in [0.25, 0.3) is 0 Å². The molecule has 3 heteroatoms. The van der Waals surface area contributed by atoms with E-state index in [0.717, 1.165) is 17.0 Å². The molecule has 3 N–H and O–H groups in total. The molecule has 94 valence electrons. The van der Waals surface area contributed by atoms with Crippen LogP contribution in [-0.4, -0.2) is 0 Å². The number of halogens is 1. The van der Waals surface area contributed by atoms with E-state index in [1.807, 2.05) is 13.0 Å². The lowest BCUT2D eigenvalue weighted by Crippen LogP contribution is -2.33. The van der Waals surface area contributed by atoms with Gasteiger partial charge in [-0.2, -0.15) is 0 Å². The summed E-state index contributed by atoms with van der Waals surface area (Å²) in [6, 6.07) is 5.11. The van der Waals surface area contributed by atoms with Crippen molar-refractivity contribution >= 4 is 0 Å². The highest BCUT2D eigenvalue weighted by molar-refractivity contribution is 5.30.